The average Bonchev–Trinajstić information content (AvgIpc) is 3.33. The van der Waals surface area contributed by atoms with Crippen molar-refractivity contribution in [2.75, 3.05) is 65.6 Å². The summed E-state index contributed by atoms with van der Waals surface area (Å²) in [6, 6.07) is 9.17. The van der Waals surface area contributed by atoms with Crippen molar-refractivity contribution < 1.29 is 23.7 Å². The normalized spacial score (nSPS) is 13.8. The minimum atomic E-state index is -0.126. The van der Waals surface area contributed by atoms with Crippen LogP contribution in [0, 0.1) is 6.92 Å². The van der Waals surface area contributed by atoms with Gasteiger partial charge in [0.25, 0.3) is 5.91 Å². The van der Waals surface area contributed by atoms with Crippen LogP contribution in [0.4, 0.5) is 5.13 Å². The third-order valence-electron chi connectivity index (χ3n) is 5.98. The van der Waals surface area contributed by atoms with Crippen LogP contribution in [-0.4, -0.2) is 76.5 Å². The first-order valence-electron chi connectivity index (χ1n) is 11.3. The summed E-state index contributed by atoms with van der Waals surface area (Å²) in [5, 5.41) is 0.657. The molecule has 190 valence electrons. The lowest BCUT2D eigenvalue weighted by molar-refractivity contribution is 0.0376. The van der Waals surface area contributed by atoms with Gasteiger partial charge in [0.2, 0.25) is 0 Å². The molecule has 3 aromatic rings. The minimum Gasteiger partial charge on any atom is -0.494 e. The third-order valence-corrected chi connectivity index (χ3v) is 7.19. The van der Waals surface area contributed by atoms with Crippen LogP contribution in [0.15, 0.2) is 30.3 Å². The standard InChI is InChI=1S/C25H31N3O5S.ClH/c1-17-6-8-20(31-3)22-23(17)34-25(26-22)28(11-5-10-27-12-14-33-15-13-27)24(29)18-7-9-19(30-2)21(16-18)32-4;/h6-9,16H,5,10-15H2,1-4H3;1H. The molecule has 0 N–H and O–H groups in total. The Bertz CT molecular complexity index is 1150. The molecule has 1 aliphatic rings. The summed E-state index contributed by atoms with van der Waals surface area (Å²) in [6.07, 6.45) is 0.824. The molecule has 35 heavy (non-hydrogen) atoms. The number of carbonyl (C=O) groups excluding carboxylic acids is 1. The SMILES string of the molecule is COc1ccc(C(=O)N(CCCN2CCOCC2)c2nc3c(OC)ccc(C)c3s2)cc1OC.Cl. The van der Waals surface area contributed by atoms with Crippen molar-refractivity contribution in [1.29, 1.82) is 0 Å². The van der Waals surface area contributed by atoms with Gasteiger partial charge in [0, 0.05) is 31.7 Å². The summed E-state index contributed by atoms with van der Waals surface area (Å²) in [4.78, 5) is 22.7. The number of aryl methyl sites for hydroxylation is 1. The lowest BCUT2D eigenvalue weighted by atomic mass is 10.1. The van der Waals surface area contributed by atoms with E-state index >= 15 is 0 Å². The maximum atomic E-state index is 13.7. The number of carbonyl (C=O) groups is 1. The van der Waals surface area contributed by atoms with Gasteiger partial charge in [-0.15, -0.1) is 12.4 Å². The fourth-order valence-corrected chi connectivity index (χ4v) is 5.14. The van der Waals surface area contributed by atoms with E-state index in [1.807, 2.05) is 19.1 Å². The van der Waals surface area contributed by atoms with Crippen LogP contribution < -0.4 is 19.1 Å². The molecule has 0 aliphatic carbocycles. The zero-order valence-corrected chi connectivity index (χ0v) is 22.2. The summed E-state index contributed by atoms with van der Waals surface area (Å²) in [6.45, 7) is 6.83. The Balaban J connectivity index is 0.00000342. The number of thiazole rings is 1. The Morgan fingerprint density at radius 2 is 1.74 bits per heavy atom. The first-order valence-corrected chi connectivity index (χ1v) is 12.2. The Morgan fingerprint density at radius 3 is 2.43 bits per heavy atom. The highest BCUT2D eigenvalue weighted by molar-refractivity contribution is 7.22. The zero-order chi connectivity index (χ0) is 24.1. The summed E-state index contributed by atoms with van der Waals surface area (Å²) in [5.74, 6) is 1.68. The van der Waals surface area contributed by atoms with Gasteiger partial charge in [-0.1, -0.05) is 17.4 Å². The van der Waals surface area contributed by atoms with Gasteiger partial charge in [-0.05, 0) is 43.2 Å². The molecule has 10 heteroatoms. The molecule has 0 unspecified atom stereocenters. The monoisotopic (exact) mass is 521 g/mol. The Hall–Kier alpha value is -2.59. The van der Waals surface area contributed by atoms with E-state index < -0.39 is 0 Å². The van der Waals surface area contributed by atoms with Gasteiger partial charge >= 0.3 is 0 Å². The molecule has 1 aromatic heterocycles. The predicted octanol–water partition coefficient (Wildman–Crippen LogP) is 4.42. The molecule has 0 saturated carbocycles. The number of halogens is 1. The molecule has 4 rings (SSSR count). The van der Waals surface area contributed by atoms with Crippen LogP contribution in [0.5, 0.6) is 17.2 Å². The fourth-order valence-electron chi connectivity index (χ4n) is 4.06. The molecule has 8 nitrogen and oxygen atoms in total. The maximum absolute atomic E-state index is 13.7. The molecule has 0 bridgehead atoms. The van der Waals surface area contributed by atoms with Crippen molar-refractivity contribution in [3.8, 4) is 17.2 Å². The molecule has 1 fully saturated rings. The van der Waals surface area contributed by atoms with E-state index in [0.717, 1.165) is 55.0 Å². The molecular formula is C25H32ClN3O5S. The molecule has 1 aliphatic heterocycles. The van der Waals surface area contributed by atoms with E-state index in [1.54, 1.807) is 44.4 Å². The third kappa shape index (κ3) is 5.98. The molecule has 0 atom stereocenters. The van der Waals surface area contributed by atoms with Crippen LogP contribution in [0.3, 0.4) is 0 Å². The number of rotatable bonds is 9. The van der Waals surface area contributed by atoms with Gasteiger partial charge in [-0.3, -0.25) is 14.6 Å². The highest BCUT2D eigenvalue weighted by atomic mass is 35.5. The van der Waals surface area contributed by atoms with E-state index in [9.17, 15) is 4.79 Å². The molecule has 1 amide bonds. The molecule has 0 radical (unpaired) electrons. The van der Waals surface area contributed by atoms with Gasteiger partial charge in [0.15, 0.2) is 16.6 Å². The fraction of sp³-hybridized carbons (Fsp3) is 0.440. The van der Waals surface area contributed by atoms with E-state index in [0.29, 0.717) is 34.5 Å². The van der Waals surface area contributed by atoms with Crippen molar-refractivity contribution in [3.63, 3.8) is 0 Å². The Labute approximate surface area is 216 Å². The van der Waals surface area contributed by atoms with Gasteiger partial charge in [0.05, 0.1) is 39.2 Å². The van der Waals surface area contributed by atoms with Gasteiger partial charge in [-0.2, -0.15) is 0 Å². The second kappa shape index (κ2) is 12.4. The van der Waals surface area contributed by atoms with Gasteiger partial charge in [-0.25, -0.2) is 4.98 Å². The van der Waals surface area contributed by atoms with Crippen LogP contribution >= 0.6 is 23.7 Å². The van der Waals surface area contributed by atoms with Crippen molar-refractivity contribution >= 4 is 45.0 Å². The van der Waals surface area contributed by atoms with Gasteiger partial charge in [0.1, 0.15) is 11.3 Å². The quantitative estimate of drug-likeness (QED) is 0.412. The van der Waals surface area contributed by atoms with Crippen LogP contribution in [0.1, 0.15) is 22.3 Å². The van der Waals surface area contributed by atoms with Gasteiger partial charge < -0.3 is 18.9 Å². The number of ether oxygens (including phenoxy) is 4. The number of aromatic nitrogens is 1. The summed E-state index contributed by atoms with van der Waals surface area (Å²) >= 11 is 1.51. The van der Waals surface area contributed by atoms with E-state index in [2.05, 4.69) is 4.90 Å². The number of methoxy groups -OCH3 is 3. The smallest absolute Gasteiger partial charge is 0.260 e. The first-order chi connectivity index (χ1) is 16.5. The average molecular weight is 522 g/mol. The number of amides is 1. The van der Waals surface area contributed by atoms with Crippen LogP contribution in [-0.2, 0) is 4.74 Å². The van der Waals surface area contributed by atoms with E-state index in [4.69, 9.17) is 23.9 Å². The maximum Gasteiger partial charge on any atom is 0.260 e. The first kappa shape index (κ1) is 27.0. The molecule has 2 heterocycles. The number of benzene rings is 2. The largest absolute Gasteiger partial charge is 0.494 e. The lowest BCUT2D eigenvalue weighted by Gasteiger charge is -2.27. The van der Waals surface area contributed by atoms with Crippen LogP contribution in [0.2, 0.25) is 0 Å². The molecular weight excluding hydrogens is 490 g/mol. The summed E-state index contributed by atoms with van der Waals surface area (Å²) < 4.78 is 22.8. The number of fused-ring (bicyclic) bond motifs is 1. The molecule has 2 aromatic carbocycles. The summed E-state index contributed by atoms with van der Waals surface area (Å²) in [5.41, 5.74) is 2.40. The molecule has 1 saturated heterocycles. The van der Waals surface area contributed by atoms with E-state index in [1.165, 1.54) is 11.3 Å². The van der Waals surface area contributed by atoms with Crippen molar-refractivity contribution in [3.05, 3.63) is 41.5 Å². The Morgan fingerprint density at radius 1 is 1.06 bits per heavy atom. The van der Waals surface area contributed by atoms with Crippen molar-refractivity contribution in [1.82, 2.24) is 9.88 Å². The number of anilines is 1. The second-order valence-electron chi connectivity index (χ2n) is 8.09. The lowest BCUT2D eigenvalue weighted by Crippen LogP contribution is -2.39. The van der Waals surface area contributed by atoms with E-state index in [-0.39, 0.29) is 18.3 Å². The number of hydrogen-bond acceptors (Lipinski definition) is 8. The highest BCUT2D eigenvalue weighted by Crippen LogP contribution is 2.37. The molecule has 0 spiro atoms. The van der Waals surface area contributed by atoms with Crippen LogP contribution in [0.25, 0.3) is 10.2 Å². The predicted molar refractivity (Wildman–Crippen MR) is 141 cm³/mol. The second-order valence-corrected chi connectivity index (χ2v) is 9.07. The zero-order valence-electron chi connectivity index (χ0n) is 20.5. The Kier molecular flexibility index (Phi) is 9.56. The summed E-state index contributed by atoms with van der Waals surface area (Å²) in [7, 11) is 4.78. The topological polar surface area (TPSA) is 73.4 Å². The highest BCUT2D eigenvalue weighted by Gasteiger charge is 2.24. The number of nitrogens with zero attached hydrogens (tertiary/aromatic N) is 3. The van der Waals surface area contributed by atoms with Crippen molar-refractivity contribution in [2.45, 2.75) is 13.3 Å². The number of hydrogen-bond donors (Lipinski definition) is 0. The van der Waals surface area contributed by atoms with Crippen molar-refractivity contribution in [2.24, 2.45) is 0 Å². The minimum absolute atomic E-state index is 0. The number of morpholine rings is 1.